The molecule has 2 aromatic heterocycles. The van der Waals surface area contributed by atoms with E-state index < -0.39 is 0 Å². The average molecular weight is 473 g/mol. The molecule has 178 valence electrons. The molecule has 3 aromatic rings. The van der Waals surface area contributed by atoms with Crippen LogP contribution in [-0.4, -0.2) is 71.2 Å². The molecular weight excluding hydrogens is 440 g/mol. The van der Waals surface area contributed by atoms with Gasteiger partial charge in [-0.1, -0.05) is 12.1 Å². The summed E-state index contributed by atoms with van der Waals surface area (Å²) < 4.78 is 0. The molecule has 0 atom stereocenters. The highest BCUT2D eigenvalue weighted by molar-refractivity contribution is 7.09. The van der Waals surface area contributed by atoms with Gasteiger partial charge in [0, 0.05) is 55.9 Å². The van der Waals surface area contributed by atoms with E-state index >= 15 is 0 Å². The van der Waals surface area contributed by atoms with Crippen molar-refractivity contribution < 1.29 is 9.59 Å². The third-order valence-corrected chi connectivity index (χ3v) is 5.69. The van der Waals surface area contributed by atoms with Gasteiger partial charge in [-0.25, -0.2) is 4.98 Å². The van der Waals surface area contributed by atoms with E-state index in [4.69, 9.17) is 4.79 Å². The number of aldehydes is 1. The number of hydrogen-bond acceptors (Lipinski definition) is 9. The van der Waals surface area contributed by atoms with Gasteiger partial charge >= 0.3 is 0 Å². The van der Waals surface area contributed by atoms with Crippen LogP contribution in [0.1, 0.15) is 33.2 Å². The number of nitrogens with zero attached hydrogens (tertiary/aromatic N) is 5. The lowest BCUT2D eigenvalue weighted by Gasteiger charge is -2.24. The Kier molecular flexibility index (Phi) is 11.7. The van der Waals surface area contributed by atoms with Gasteiger partial charge in [-0.2, -0.15) is 15.4 Å². The molecule has 10 nitrogen and oxygen atoms in total. The van der Waals surface area contributed by atoms with Crippen LogP contribution in [0.3, 0.4) is 0 Å². The number of aromatic nitrogens is 4. The van der Waals surface area contributed by atoms with E-state index in [1.165, 1.54) is 5.69 Å². The Bertz CT molecular complexity index is 948. The molecule has 1 aliphatic heterocycles. The molecule has 1 saturated heterocycles. The topological polar surface area (TPSA) is 133 Å². The zero-order valence-electron chi connectivity index (χ0n) is 19.1. The molecule has 0 unspecified atom stereocenters. The molecule has 0 radical (unpaired) electrons. The minimum atomic E-state index is 0.250. The molecule has 4 rings (SSSR count). The Labute approximate surface area is 198 Å². The van der Waals surface area contributed by atoms with E-state index in [1.807, 2.05) is 31.3 Å². The summed E-state index contributed by atoms with van der Waals surface area (Å²) in [5.74, 6) is 0. The summed E-state index contributed by atoms with van der Waals surface area (Å²) in [5, 5.41) is 16.2. The molecule has 1 aromatic carbocycles. The number of amides is 1. The second kappa shape index (κ2) is 14.8. The van der Waals surface area contributed by atoms with Crippen LogP contribution in [0.2, 0.25) is 0 Å². The Morgan fingerprint density at radius 3 is 2.61 bits per heavy atom. The number of rotatable bonds is 6. The molecule has 33 heavy (non-hydrogen) atoms. The minimum Gasteiger partial charge on any atom is -0.372 e. The van der Waals surface area contributed by atoms with E-state index in [1.54, 1.807) is 17.5 Å². The number of para-hydroxylation sites is 1. The molecule has 0 saturated carbocycles. The number of benzene rings is 1. The van der Waals surface area contributed by atoms with Crippen molar-refractivity contribution in [2.45, 2.75) is 26.4 Å². The molecule has 4 N–H and O–H groups in total. The summed E-state index contributed by atoms with van der Waals surface area (Å²) in [6.07, 6.45) is 4.00. The van der Waals surface area contributed by atoms with E-state index in [0.717, 1.165) is 73.9 Å². The first-order valence-electron chi connectivity index (χ1n) is 10.7. The van der Waals surface area contributed by atoms with Crippen LogP contribution in [0.5, 0.6) is 0 Å². The zero-order chi connectivity index (χ0) is 23.9. The Morgan fingerprint density at radius 1 is 1.18 bits per heavy atom. The monoisotopic (exact) mass is 472 g/mol. The van der Waals surface area contributed by atoms with Crippen molar-refractivity contribution in [3.63, 3.8) is 0 Å². The second-order valence-corrected chi connectivity index (χ2v) is 8.34. The van der Waals surface area contributed by atoms with Gasteiger partial charge < -0.3 is 16.0 Å². The lowest BCUT2D eigenvalue weighted by Crippen LogP contribution is -2.31. The van der Waals surface area contributed by atoms with E-state index in [9.17, 15) is 4.79 Å². The molecule has 0 spiro atoms. The third-order valence-electron chi connectivity index (χ3n) is 4.87. The van der Waals surface area contributed by atoms with Crippen molar-refractivity contribution >= 4 is 29.7 Å². The molecule has 11 heteroatoms. The Hall–Kier alpha value is -3.15. The number of aryl methyl sites for hydroxylation is 1. The SMILES string of the molecule is CNCc1cn[nH]n1.Cc1nc(CN2CCCN(c3ccccc3C=O)CC2)cs1.NC=O. The Balaban J connectivity index is 0.000000291. The normalized spacial score (nSPS) is 13.7. The van der Waals surface area contributed by atoms with Gasteiger partial charge in [0.15, 0.2) is 6.29 Å². The molecule has 0 aliphatic carbocycles. The van der Waals surface area contributed by atoms with Gasteiger partial charge in [-0.3, -0.25) is 14.5 Å². The number of hydrogen-bond donors (Lipinski definition) is 3. The highest BCUT2D eigenvalue weighted by atomic mass is 32.1. The second-order valence-electron chi connectivity index (χ2n) is 7.28. The fraction of sp³-hybridized carbons (Fsp3) is 0.409. The van der Waals surface area contributed by atoms with Crippen molar-refractivity contribution in [1.82, 2.24) is 30.6 Å². The smallest absolute Gasteiger partial charge is 0.204 e. The van der Waals surface area contributed by atoms with Gasteiger partial charge in [-0.15, -0.1) is 11.3 Å². The first-order valence-corrected chi connectivity index (χ1v) is 11.6. The third kappa shape index (κ3) is 9.08. The number of carbonyl (C=O) groups is 2. The van der Waals surface area contributed by atoms with Gasteiger partial charge in [0.2, 0.25) is 6.41 Å². The number of nitrogens with one attached hydrogen (secondary N) is 2. The van der Waals surface area contributed by atoms with Crippen molar-refractivity contribution in [3.8, 4) is 0 Å². The van der Waals surface area contributed by atoms with Crippen LogP contribution in [0.4, 0.5) is 5.69 Å². The average Bonchev–Trinajstić information content (AvgIpc) is 3.42. The molecule has 3 heterocycles. The lowest BCUT2D eigenvalue weighted by molar-refractivity contribution is -0.106. The van der Waals surface area contributed by atoms with Gasteiger partial charge in [0.1, 0.15) is 0 Å². The summed E-state index contributed by atoms with van der Waals surface area (Å²) in [6.45, 7) is 7.78. The van der Waals surface area contributed by atoms with Crippen molar-refractivity contribution in [1.29, 1.82) is 0 Å². The number of anilines is 1. The van der Waals surface area contributed by atoms with Gasteiger partial charge in [-0.05, 0) is 32.5 Å². The maximum Gasteiger partial charge on any atom is 0.204 e. The maximum atomic E-state index is 11.2. The van der Waals surface area contributed by atoms with Crippen molar-refractivity contribution in [3.05, 3.63) is 57.8 Å². The summed E-state index contributed by atoms with van der Waals surface area (Å²) in [7, 11) is 1.87. The summed E-state index contributed by atoms with van der Waals surface area (Å²) >= 11 is 1.71. The highest BCUT2D eigenvalue weighted by Gasteiger charge is 2.17. The number of nitrogens with two attached hydrogens (primary N) is 1. The van der Waals surface area contributed by atoms with Crippen molar-refractivity contribution in [2.75, 3.05) is 38.1 Å². The summed E-state index contributed by atoms with van der Waals surface area (Å²) in [5.41, 5.74) is 8.12. The molecular formula is C22H32N8O2S. The molecule has 1 amide bonds. The summed E-state index contributed by atoms with van der Waals surface area (Å²) in [6, 6.07) is 7.86. The van der Waals surface area contributed by atoms with Gasteiger partial charge in [0.05, 0.1) is 22.6 Å². The number of thiazole rings is 1. The van der Waals surface area contributed by atoms with Crippen LogP contribution in [0.15, 0.2) is 35.8 Å². The predicted octanol–water partition coefficient (Wildman–Crippen LogP) is 1.60. The molecule has 0 bridgehead atoms. The fourth-order valence-corrected chi connectivity index (χ4v) is 4.05. The highest BCUT2D eigenvalue weighted by Crippen LogP contribution is 2.21. The lowest BCUT2D eigenvalue weighted by atomic mass is 10.1. The quantitative estimate of drug-likeness (QED) is 0.461. The predicted molar refractivity (Wildman–Crippen MR) is 130 cm³/mol. The fourth-order valence-electron chi connectivity index (χ4n) is 3.45. The Morgan fingerprint density at radius 2 is 1.97 bits per heavy atom. The van der Waals surface area contributed by atoms with E-state index in [2.05, 4.69) is 53.5 Å². The maximum absolute atomic E-state index is 11.2. The van der Waals surface area contributed by atoms with E-state index in [0.29, 0.717) is 0 Å². The van der Waals surface area contributed by atoms with Crippen LogP contribution in [-0.2, 0) is 17.9 Å². The summed E-state index contributed by atoms with van der Waals surface area (Å²) in [4.78, 5) is 29.1. The number of primary amides is 1. The molecule has 1 fully saturated rings. The molecule has 1 aliphatic rings. The number of aromatic amines is 1. The van der Waals surface area contributed by atoms with Crippen LogP contribution < -0.4 is 16.0 Å². The van der Waals surface area contributed by atoms with Gasteiger partial charge in [0.25, 0.3) is 0 Å². The largest absolute Gasteiger partial charge is 0.372 e. The minimum absolute atomic E-state index is 0.250. The number of H-pyrrole nitrogens is 1. The zero-order valence-corrected chi connectivity index (χ0v) is 19.9. The van der Waals surface area contributed by atoms with Crippen molar-refractivity contribution in [2.24, 2.45) is 5.73 Å². The standard InChI is InChI=1S/C17H21N3OS.C4H8N4.CH3NO/c1-14-18-16(13-22-14)11-19-7-4-8-20(10-9-19)17-6-3-2-5-15(17)12-21;1-5-2-4-3-6-8-7-4;2-1-3/h2-3,5-6,12-13H,4,7-11H2,1H3;3,5H,2H2,1H3,(H,6,7,8);1H,(H2,2,3). The van der Waals surface area contributed by atoms with Crippen LogP contribution in [0.25, 0.3) is 0 Å². The van der Waals surface area contributed by atoms with E-state index in [-0.39, 0.29) is 6.41 Å². The number of carbonyl (C=O) groups excluding carboxylic acids is 2. The first-order chi connectivity index (χ1) is 16.1. The van der Waals surface area contributed by atoms with Crippen LogP contribution in [0, 0.1) is 6.92 Å². The van der Waals surface area contributed by atoms with Crippen LogP contribution >= 0.6 is 11.3 Å². The first kappa shape index (κ1) is 26.1.